The van der Waals surface area contributed by atoms with Gasteiger partial charge in [0.15, 0.2) is 0 Å². The predicted molar refractivity (Wildman–Crippen MR) is 160 cm³/mol. The number of benzene rings is 3. The molecule has 1 heterocycles. The van der Waals surface area contributed by atoms with Crippen LogP contribution >= 0.6 is 11.6 Å². The third kappa shape index (κ3) is 8.53. The molecule has 8 heteroatoms. The van der Waals surface area contributed by atoms with E-state index in [0.717, 1.165) is 43.2 Å². The van der Waals surface area contributed by atoms with E-state index in [1.807, 2.05) is 74.8 Å². The van der Waals surface area contributed by atoms with E-state index >= 15 is 0 Å². The number of carboxylic acid groups (broad SMARTS) is 1. The van der Waals surface area contributed by atoms with Crippen LogP contribution in [0.3, 0.4) is 0 Å². The van der Waals surface area contributed by atoms with Crippen molar-refractivity contribution >= 4 is 61.2 Å². The van der Waals surface area contributed by atoms with E-state index < -0.39 is 17.0 Å². The molecule has 0 atom stereocenters. The number of aliphatic hydroxyl groups is 1. The number of carboxylic acids is 1. The Balaban J connectivity index is 0.000000998. The second kappa shape index (κ2) is 15.2. The number of halogens is 1. The van der Waals surface area contributed by atoms with Crippen LogP contribution in [-0.2, 0) is 20.6 Å². The molecule has 2 N–H and O–H groups in total. The zero-order valence-corrected chi connectivity index (χ0v) is 23.1. The second-order valence-electron chi connectivity index (χ2n) is 9.99. The summed E-state index contributed by atoms with van der Waals surface area (Å²) in [6.45, 7) is 3.39. The molecule has 0 unspecified atom stereocenters. The standard InChI is InChI=1S/C29H33ClN2O2.C2H4O2.Ca.2H/c1-31(2)27(33)29(24-9-5-3-6-10-24,25-11-7-4-8-12-25)19-22-32-20-17-28(34,18-21-32)23-13-15-26(30)16-14-23;1-2(3)4;;;/h3-16,34H,17-22H2,1-2H3;1H3,(H,3,4);;;. The summed E-state index contributed by atoms with van der Waals surface area (Å²) in [6, 6.07) is 27.7. The predicted octanol–water partition coefficient (Wildman–Crippen LogP) is 4.26. The van der Waals surface area contributed by atoms with E-state index in [1.165, 1.54) is 0 Å². The molecule has 1 saturated heterocycles. The van der Waals surface area contributed by atoms with Crippen molar-refractivity contribution in [3.8, 4) is 0 Å². The molecule has 0 aliphatic carbocycles. The zero-order valence-electron chi connectivity index (χ0n) is 22.3. The van der Waals surface area contributed by atoms with Gasteiger partial charge in [-0.15, -0.1) is 0 Å². The molecule has 3 aromatic rings. The Bertz CT molecular complexity index is 1140. The van der Waals surface area contributed by atoms with Crippen molar-refractivity contribution in [3.05, 3.63) is 107 Å². The van der Waals surface area contributed by atoms with Gasteiger partial charge in [0.1, 0.15) is 5.41 Å². The summed E-state index contributed by atoms with van der Waals surface area (Å²) in [5.74, 6) is -0.750. The topological polar surface area (TPSA) is 81.1 Å². The van der Waals surface area contributed by atoms with Gasteiger partial charge in [0, 0.05) is 39.1 Å². The molecular weight excluding hydrogens is 540 g/mol. The minimum absolute atomic E-state index is 0. The molecule has 1 fully saturated rings. The van der Waals surface area contributed by atoms with Crippen molar-refractivity contribution in [2.45, 2.75) is 37.2 Å². The van der Waals surface area contributed by atoms with Crippen LogP contribution < -0.4 is 0 Å². The molecule has 1 amide bonds. The zero-order chi connectivity index (χ0) is 27.8. The molecule has 4 rings (SSSR count). The number of carbonyl (C=O) groups excluding carboxylic acids is 1. The average Bonchev–Trinajstić information content (AvgIpc) is 2.91. The van der Waals surface area contributed by atoms with Crippen LogP contribution in [0.4, 0.5) is 0 Å². The van der Waals surface area contributed by atoms with E-state index in [0.29, 0.717) is 24.3 Å². The third-order valence-corrected chi connectivity index (χ3v) is 7.42. The van der Waals surface area contributed by atoms with Gasteiger partial charge in [-0.2, -0.15) is 0 Å². The Morgan fingerprint density at radius 1 is 0.897 bits per heavy atom. The summed E-state index contributed by atoms with van der Waals surface area (Å²) in [7, 11) is 3.66. The number of nitrogens with zero attached hydrogens (tertiary/aromatic N) is 2. The van der Waals surface area contributed by atoms with Gasteiger partial charge in [-0.3, -0.25) is 9.59 Å². The van der Waals surface area contributed by atoms with Gasteiger partial charge >= 0.3 is 37.7 Å². The summed E-state index contributed by atoms with van der Waals surface area (Å²) in [5.41, 5.74) is 1.33. The molecule has 6 nitrogen and oxygen atoms in total. The van der Waals surface area contributed by atoms with E-state index in [4.69, 9.17) is 21.5 Å². The molecule has 1 aliphatic heterocycles. The summed E-state index contributed by atoms with van der Waals surface area (Å²) in [4.78, 5) is 26.9. The molecule has 39 heavy (non-hydrogen) atoms. The first-order valence-electron chi connectivity index (χ1n) is 12.8. The fraction of sp³-hybridized carbons (Fsp3) is 0.355. The van der Waals surface area contributed by atoms with Crippen molar-refractivity contribution in [1.29, 1.82) is 0 Å². The molecule has 3 aromatic carbocycles. The van der Waals surface area contributed by atoms with Crippen molar-refractivity contribution < 1.29 is 19.8 Å². The van der Waals surface area contributed by atoms with Gasteiger partial charge in [-0.05, 0) is 54.6 Å². The molecular formula is C31H39CaClN2O4. The first kappa shape index (κ1) is 33.3. The molecule has 0 spiro atoms. The minimum atomic E-state index is -0.837. The summed E-state index contributed by atoms with van der Waals surface area (Å²) in [5, 5.41) is 19.4. The van der Waals surface area contributed by atoms with Crippen molar-refractivity contribution in [1.82, 2.24) is 9.80 Å². The Morgan fingerprint density at radius 3 is 1.74 bits per heavy atom. The number of likely N-dealkylation sites (tertiary alicyclic amines) is 1. The second-order valence-corrected chi connectivity index (χ2v) is 10.4. The van der Waals surface area contributed by atoms with Crippen LogP contribution in [0.5, 0.6) is 0 Å². The number of hydrogen-bond acceptors (Lipinski definition) is 4. The van der Waals surface area contributed by atoms with Crippen LogP contribution in [0.15, 0.2) is 84.9 Å². The normalized spacial score (nSPS) is 14.8. The SMILES string of the molecule is CC(=O)O.CN(C)C(=O)C(CCN1CCC(O)(c2ccc(Cl)cc2)CC1)(c1ccccc1)c1ccccc1.[CaH2]. The molecule has 0 saturated carbocycles. The van der Waals surface area contributed by atoms with E-state index in [1.54, 1.807) is 4.90 Å². The molecule has 0 aromatic heterocycles. The first-order valence-corrected chi connectivity index (χ1v) is 13.2. The van der Waals surface area contributed by atoms with Gasteiger partial charge in [-0.1, -0.05) is 84.4 Å². The number of hydrogen-bond donors (Lipinski definition) is 2. The number of piperidine rings is 1. The molecule has 1 aliphatic rings. The average molecular weight is 579 g/mol. The molecule has 206 valence electrons. The maximum atomic E-state index is 13.8. The van der Waals surface area contributed by atoms with Gasteiger partial charge in [0.05, 0.1) is 5.60 Å². The van der Waals surface area contributed by atoms with Crippen LogP contribution in [0.1, 0.15) is 42.9 Å². The quantitative estimate of drug-likeness (QED) is 0.410. The van der Waals surface area contributed by atoms with Crippen LogP contribution in [0, 0.1) is 0 Å². The summed E-state index contributed by atoms with van der Waals surface area (Å²) >= 11 is 6.03. The first-order chi connectivity index (χ1) is 18.1. The van der Waals surface area contributed by atoms with Gasteiger partial charge in [0.25, 0.3) is 5.97 Å². The Kier molecular flexibility index (Phi) is 12.9. The Hall–Kier alpha value is -1.93. The number of carbonyl (C=O) groups is 2. The van der Waals surface area contributed by atoms with Crippen LogP contribution in [0.25, 0.3) is 0 Å². The fourth-order valence-electron chi connectivity index (χ4n) is 5.16. The van der Waals surface area contributed by atoms with Crippen LogP contribution in [0.2, 0.25) is 5.02 Å². The summed E-state index contributed by atoms with van der Waals surface area (Å²) in [6.07, 6.45) is 1.97. The van der Waals surface area contributed by atoms with Crippen molar-refractivity contribution in [2.24, 2.45) is 0 Å². The van der Waals surface area contributed by atoms with E-state index in [9.17, 15) is 9.90 Å². The monoisotopic (exact) mass is 578 g/mol. The van der Waals surface area contributed by atoms with Gasteiger partial charge in [-0.25, -0.2) is 0 Å². The fourth-order valence-corrected chi connectivity index (χ4v) is 5.28. The number of amides is 1. The molecule has 0 radical (unpaired) electrons. The Morgan fingerprint density at radius 2 is 1.33 bits per heavy atom. The summed E-state index contributed by atoms with van der Waals surface area (Å²) < 4.78 is 0. The number of rotatable bonds is 7. The Labute approximate surface area is 266 Å². The van der Waals surface area contributed by atoms with Crippen LogP contribution in [-0.4, -0.2) is 103 Å². The number of aliphatic carboxylic acids is 1. The van der Waals surface area contributed by atoms with Gasteiger partial charge in [0.2, 0.25) is 5.91 Å². The third-order valence-electron chi connectivity index (χ3n) is 7.17. The number of likely N-dealkylation sites (N-methyl/N-ethyl adjacent to an activating group) is 1. The van der Waals surface area contributed by atoms with Crippen molar-refractivity contribution in [2.75, 3.05) is 33.7 Å². The maximum absolute atomic E-state index is 13.8. The molecule has 0 bridgehead atoms. The van der Waals surface area contributed by atoms with Gasteiger partial charge < -0.3 is 20.0 Å². The van der Waals surface area contributed by atoms with Crippen molar-refractivity contribution in [3.63, 3.8) is 0 Å². The van der Waals surface area contributed by atoms with E-state index in [2.05, 4.69) is 29.2 Å². The van der Waals surface area contributed by atoms with E-state index in [-0.39, 0.29) is 43.6 Å².